The molecule has 1 aliphatic carbocycles. The Kier molecular flexibility index (Phi) is 7.52. The van der Waals surface area contributed by atoms with Crippen LogP contribution in [-0.2, 0) is 4.79 Å². The number of rotatable bonds is 10. The lowest BCUT2D eigenvalue weighted by Gasteiger charge is -2.34. The monoisotopic (exact) mass is 283 g/mol. The lowest BCUT2D eigenvalue weighted by molar-refractivity contribution is -0.126. The van der Waals surface area contributed by atoms with E-state index in [4.69, 9.17) is 5.73 Å². The Morgan fingerprint density at radius 1 is 1.35 bits per heavy atom. The molecular weight excluding hydrogens is 250 g/mol. The maximum absolute atomic E-state index is 12.0. The summed E-state index contributed by atoms with van der Waals surface area (Å²) in [5, 5.41) is 3.47. The second-order valence-corrected chi connectivity index (χ2v) is 6.30. The normalized spacial score (nSPS) is 26.3. The zero-order chi connectivity index (χ0) is 15.0. The van der Waals surface area contributed by atoms with Crippen molar-refractivity contribution < 1.29 is 4.79 Å². The van der Waals surface area contributed by atoms with Gasteiger partial charge in [0.05, 0.1) is 0 Å². The molecule has 3 N–H and O–H groups in total. The van der Waals surface area contributed by atoms with Crippen LogP contribution in [0.4, 0.5) is 0 Å². The van der Waals surface area contributed by atoms with Gasteiger partial charge in [0.2, 0.25) is 5.91 Å². The molecule has 1 aliphatic rings. The Morgan fingerprint density at radius 2 is 2.10 bits per heavy atom. The van der Waals surface area contributed by atoms with Crippen LogP contribution in [0.5, 0.6) is 0 Å². The minimum Gasteiger partial charge on any atom is -0.368 e. The van der Waals surface area contributed by atoms with Gasteiger partial charge in [0.25, 0.3) is 0 Å². The standard InChI is InChI=1S/C16H33N3O/c1-4-6-12-19(3)13-9-14-8-7-10-16(14,15(17)20)18-11-5-2/h14,18H,4-13H2,1-3H3,(H2,17,20). The molecule has 4 heteroatoms. The molecule has 0 aromatic carbocycles. The van der Waals surface area contributed by atoms with Crippen molar-refractivity contribution in [1.82, 2.24) is 10.2 Å². The Morgan fingerprint density at radius 3 is 2.70 bits per heavy atom. The maximum atomic E-state index is 12.0. The number of amides is 1. The van der Waals surface area contributed by atoms with Crippen LogP contribution >= 0.6 is 0 Å². The van der Waals surface area contributed by atoms with Gasteiger partial charge in [-0.15, -0.1) is 0 Å². The number of carbonyl (C=O) groups is 1. The first-order chi connectivity index (χ1) is 9.56. The van der Waals surface area contributed by atoms with Gasteiger partial charge < -0.3 is 16.0 Å². The Hall–Kier alpha value is -0.610. The highest BCUT2D eigenvalue weighted by Gasteiger charge is 2.46. The summed E-state index contributed by atoms with van der Waals surface area (Å²) < 4.78 is 0. The van der Waals surface area contributed by atoms with Crippen LogP contribution in [0.2, 0.25) is 0 Å². The number of primary amides is 1. The predicted octanol–water partition coefficient (Wildman–Crippen LogP) is 2.13. The number of nitrogens with zero attached hydrogens (tertiary/aromatic N) is 1. The average Bonchev–Trinajstić information content (AvgIpc) is 2.84. The van der Waals surface area contributed by atoms with Crippen LogP contribution in [0.3, 0.4) is 0 Å². The highest BCUT2D eigenvalue weighted by Crippen LogP contribution is 2.38. The minimum atomic E-state index is -0.443. The van der Waals surface area contributed by atoms with Crippen molar-refractivity contribution in [3.63, 3.8) is 0 Å². The van der Waals surface area contributed by atoms with Crippen LogP contribution in [-0.4, -0.2) is 43.0 Å². The molecule has 0 saturated heterocycles. The Labute approximate surface area is 124 Å². The summed E-state index contributed by atoms with van der Waals surface area (Å²) in [7, 11) is 2.18. The number of unbranched alkanes of at least 4 members (excludes halogenated alkanes) is 1. The van der Waals surface area contributed by atoms with E-state index in [1.807, 2.05) is 0 Å². The predicted molar refractivity (Wildman–Crippen MR) is 84.6 cm³/mol. The van der Waals surface area contributed by atoms with E-state index in [0.29, 0.717) is 5.92 Å². The largest absolute Gasteiger partial charge is 0.368 e. The van der Waals surface area contributed by atoms with Crippen molar-refractivity contribution >= 4 is 5.91 Å². The first-order valence-electron chi connectivity index (χ1n) is 8.30. The van der Waals surface area contributed by atoms with Gasteiger partial charge in [0, 0.05) is 0 Å². The second-order valence-electron chi connectivity index (χ2n) is 6.30. The molecule has 2 unspecified atom stereocenters. The quantitative estimate of drug-likeness (QED) is 0.646. The lowest BCUT2D eigenvalue weighted by Crippen LogP contribution is -2.58. The van der Waals surface area contributed by atoms with Crippen LogP contribution in [0.25, 0.3) is 0 Å². The summed E-state index contributed by atoms with van der Waals surface area (Å²) in [6.07, 6.45) is 7.74. The summed E-state index contributed by atoms with van der Waals surface area (Å²) in [4.78, 5) is 14.4. The van der Waals surface area contributed by atoms with Gasteiger partial charge >= 0.3 is 0 Å². The van der Waals surface area contributed by atoms with Gasteiger partial charge in [0.15, 0.2) is 0 Å². The maximum Gasteiger partial charge on any atom is 0.238 e. The van der Waals surface area contributed by atoms with Crippen LogP contribution in [0.15, 0.2) is 0 Å². The molecule has 0 aromatic rings. The van der Waals surface area contributed by atoms with Crippen molar-refractivity contribution in [2.45, 2.75) is 64.3 Å². The highest BCUT2D eigenvalue weighted by atomic mass is 16.1. The molecule has 0 spiro atoms. The molecule has 0 radical (unpaired) electrons. The minimum absolute atomic E-state index is 0.148. The SMILES string of the molecule is CCCCN(C)CCC1CCCC1(NCCC)C(N)=O. The van der Waals surface area contributed by atoms with Crippen LogP contribution in [0.1, 0.15) is 58.8 Å². The van der Waals surface area contributed by atoms with Gasteiger partial charge in [-0.3, -0.25) is 4.79 Å². The third-order valence-electron chi connectivity index (χ3n) is 4.70. The summed E-state index contributed by atoms with van der Waals surface area (Å²) in [6.45, 7) is 7.44. The number of nitrogens with two attached hydrogens (primary N) is 1. The third kappa shape index (κ3) is 4.45. The van der Waals surface area contributed by atoms with E-state index >= 15 is 0 Å². The van der Waals surface area contributed by atoms with Crippen LogP contribution < -0.4 is 11.1 Å². The molecule has 0 aromatic heterocycles. The smallest absolute Gasteiger partial charge is 0.238 e. The first-order valence-corrected chi connectivity index (χ1v) is 8.30. The molecule has 20 heavy (non-hydrogen) atoms. The van der Waals surface area contributed by atoms with Gasteiger partial charge in [-0.05, 0) is 64.7 Å². The van der Waals surface area contributed by atoms with E-state index < -0.39 is 5.54 Å². The van der Waals surface area contributed by atoms with E-state index in [9.17, 15) is 4.79 Å². The molecule has 1 saturated carbocycles. The first kappa shape index (κ1) is 17.4. The number of carbonyl (C=O) groups excluding carboxylic acids is 1. The molecular formula is C16H33N3O. The number of hydrogen-bond acceptors (Lipinski definition) is 3. The fraction of sp³-hybridized carbons (Fsp3) is 0.938. The zero-order valence-corrected chi connectivity index (χ0v) is 13.6. The molecule has 1 fully saturated rings. The average molecular weight is 283 g/mol. The lowest BCUT2D eigenvalue weighted by atomic mass is 9.83. The molecule has 118 valence electrons. The van der Waals surface area contributed by atoms with Crippen molar-refractivity contribution in [2.24, 2.45) is 11.7 Å². The molecule has 0 bridgehead atoms. The molecule has 0 heterocycles. The molecule has 1 rings (SSSR count). The number of nitrogens with one attached hydrogen (secondary N) is 1. The van der Waals surface area contributed by atoms with E-state index in [0.717, 1.165) is 51.7 Å². The van der Waals surface area contributed by atoms with E-state index in [1.54, 1.807) is 0 Å². The van der Waals surface area contributed by atoms with Gasteiger partial charge in [0.1, 0.15) is 5.54 Å². The fourth-order valence-corrected chi connectivity index (χ4v) is 3.38. The zero-order valence-electron chi connectivity index (χ0n) is 13.6. The third-order valence-corrected chi connectivity index (χ3v) is 4.70. The van der Waals surface area contributed by atoms with Crippen molar-refractivity contribution in [3.8, 4) is 0 Å². The van der Waals surface area contributed by atoms with E-state index in [2.05, 4.69) is 31.1 Å². The topological polar surface area (TPSA) is 58.4 Å². The highest BCUT2D eigenvalue weighted by molar-refractivity contribution is 5.85. The Balaban J connectivity index is 2.55. The molecule has 1 amide bonds. The fourth-order valence-electron chi connectivity index (χ4n) is 3.38. The summed E-state index contributed by atoms with van der Waals surface area (Å²) in [5.74, 6) is 0.250. The summed E-state index contributed by atoms with van der Waals surface area (Å²) in [6, 6.07) is 0. The van der Waals surface area contributed by atoms with E-state index in [1.165, 1.54) is 12.8 Å². The van der Waals surface area contributed by atoms with Crippen molar-refractivity contribution in [1.29, 1.82) is 0 Å². The van der Waals surface area contributed by atoms with Crippen molar-refractivity contribution in [2.75, 3.05) is 26.7 Å². The van der Waals surface area contributed by atoms with E-state index in [-0.39, 0.29) is 5.91 Å². The van der Waals surface area contributed by atoms with Gasteiger partial charge in [-0.25, -0.2) is 0 Å². The summed E-state index contributed by atoms with van der Waals surface area (Å²) >= 11 is 0. The molecule has 2 atom stereocenters. The number of hydrogen-bond donors (Lipinski definition) is 2. The Bertz CT molecular complexity index is 295. The van der Waals surface area contributed by atoms with Crippen LogP contribution in [0, 0.1) is 5.92 Å². The summed E-state index contributed by atoms with van der Waals surface area (Å²) in [5.41, 5.74) is 5.29. The molecule has 4 nitrogen and oxygen atoms in total. The van der Waals surface area contributed by atoms with Crippen molar-refractivity contribution in [3.05, 3.63) is 0 Å². The van der Waals surface area contributed by atoms with Gasteiger partial charge in [-0.2, -0.15) is 0 Å². The molecule has 0 aliphatic heterocycles. The second kappa shape index (κ2) is 8.63. The van der Waals surface area contributed by atoms with Gasteiger partial charge in [-0.1, -0.05) is 26.7 Å².